The fourth-order valence-corrected chi connectivity index (χ4v) is 4.70. The van der Waals surface area contributed by atoms with Gasteiger partial charge in [-0.05, 0) is 59.3 Å². The number of carbonyl (C=O) groups is 2. The van der Waals surface area contributed by atoms with E-state index in [0.717, 1.165) is 35.7 Å². The van der Waals surface area contributed by atoms with Crippen LogP contribution in [0.5, 0.6) is 0 Å². The van der Waals surface area contributed by atoms with Crippen LogP contribution < -0.4 is 5.32 Å². The fourth-order valence-electron chi connectivity index (χ4n) is 2.96. The lowest BCUT2D eigenvalue weighted by molar-refractivity contribution is 0.0601. The number of fused-ring (bicyclic) bond motifs is 1. The minimum atomic E-state index is -0.378. The van der Waals surface area contributed by atoms with E-state index in [1.165, 1.54) is 29.7 Å². The number of rotatable bonds is 3. The van der Waals surface area contributed by atoms with Gasteiger partial charge in [0.25, 0.3) is 5.91 Å². The van der Waals surface area contributed by atoms with Crippen molar-refractivity contribution in [3.05, 3.63) is 50.3 Å². The second-order valence-electron chi connectivity index (χ2n) is 5.69. The fraction of sp³-hybridized carbons (Fsp3) is 0.333. The molecule has 24 heavy (non-hydrogen) atoms. The summed E-state index contributed by atoms with van der Waals surface area (Å²) in [5.41, 5.74) is 2.11. The van der Waals surface area contributed by atoms with Crippen LogP contribution in [-0.4, -0.2) is 19.0 Å². The molecule has 1 aliphatic carbocycles. The molecule has 4 nitrogen and oxygen atoms in total. The van der Waals surface area contributed by atoms with Gasteiger partial charge in [0.2, 0.25) is 0 Å². The molecule has 0 saturated carbocycles. The molecule has 3 rings (SSSR count). The highest BCUT2D eigenvalue weighted by Gasteiger charge is 2.26. The number of halogens is 1. The van der Waals surface area contributed by atoms with Crippen LogP contribution in [-0.2, 0) is 17.6 Å². The van der Waals surface area contributed by atoms with Gasteiger partial charge in [-0.25, -0.2) is 4.79 Å². The van der Waals surface area contributed by atoms with Crippen molar-refractivity contribution in [2.24, 2.45) is 0 Å². The minimum Gasteiger partial charge on any atom is -0.465 e. The van der Waals surface area contributed by atoms with E-state index in [1.54, 1.807) is 6.07 Å². The predicted molar refractivity (Wildman–Crippen MR) is 99.0 cm³/mol. The van der Waals surface area contributed by atoms with Gasteiger partial charge in [0.05, 0.1) is 18.2 Å². The summed E-state index contributed by atoms with van der Waals surface area (Å²) >= 11 is 4.89. The molecule has 0 saturated heterocycles. The van der Waals surface area contributed by atoms with Crippen LogP contribution in [0, 0.1) is 0 Å². The number of thiophene rings is 1. The van der Waals surface area contributed by atoms with Crippen LogP contribution in [0.1, 0.15) is 50.4 Å². The van der Waals surface area contributed by atoms with E-state index in [1.807, 2.05) is 18.2 Å². The van der Waals surface area contributed by atoms with Crippen LogP contribution >= 0.6 is 27.3 Å². The molecular weight excluding hydrogens is 390 g/mol. The Labute approximate surface area is 153 Å². The first-order chi connectivity index (χ1) is 11.6. The lowest BCUT2D eigenvalue weighted by Gasteiger charge is -2.08. The van der Waals surface area contributed by atoms with E-state index in [-0.39, 0.29) is 11.9 Å². The molecule has 1 N–H and O–H groups in total. The van der Waals surface area contributed by atoms with Crippen molar-refractivity contribution in [1.29, 1.82) is 0 Å². The van der Waals surface area contributed by atoms with E-state index < -0.39 is 0 Å². The van der Waals surface area contributed by atoms with Crippen LogP contribution in [0.3, 0.4) is 0 Å². The van der Waals surface area contributed by atoms with Crippen molar-refractivity contribution in [3.8, 4) is 0 Å². The summed E-state index contributed by atoms with van der Waals surface area (Å²) in [4.78, 5) is 26.1. The highest BCUT2D eigenvalue weighted by atomic mass is 79.9. The number of aryl methyl sites for hydroxylation is 1. The van der Waals surface area contributed by atoms with Crippen LogP contribution in [0.4, 0.5) is 5.00 Å². The molecule has 0 bridgehead atoms. The molecule has 1 amide bonds. The van der Waals surface area contributed by atoms with Gasteiger partial charge >= 0.3 is 5.97 Å². The molecule has 0 aliphatic heterocycles. The number of hydrogen-bond donors (Lipinski definition) is 1. The number of carbonyl (C=O) groups excluding carboxylic acids is 2. The summed E-state index contributed by atoms with van der Waals surface area (Å²) in [5, 5.41) is 3.50. The lowest BCUT2D eigenvalue weighted by Crippen LogP contribution is -2.15. The Morgan fingerprint density at radius 3 is 2.67 bits per heavy atom. The SMILES string of the molecule is COC(=O)c1c(NC(=O)c2ccccc2Br)sc2c1CCCCC2. The summed E-state index contributed by atoms with van der Waals surface area (Å²) in [5.74, 6) is -0.610. The van der Waals surface area contributed by atoms with E-state index in [9.17, 15) is 9.59 Å². The van der Waals surface area contributed by atoms with Crippen molar-refractivity contribution in [3.63, 3.8) is 0 Å². The largest absolute Gasteiger partial charge is 0.465 e. The molecule has 0 spiro atoms. The molecule has 0 radical (unpaired) electrons. The highest BCUT2D eigenvalue weighted by molar-refractivity contribution is 9.10. The quantitative estimate of drug-likeness (QED) is 0.585. The van der Waals surface area contributed by atoms with Crippen LogP contribution in [0.2, 0.25) is 0 Å². The van der Waals surface area contributed by atoms with E-state index in [2.05, 4.69) is 21.2 Å². The van der Waals surface area contributed by atoms with Crippen molar-refractivity contribution in [2.45, 2.75) is 32.1 Å². The molecule has 1 aromatic carbocycles. The summed E-state index contributed by atoms with van der Waals surface area (Å²) < 4.78 is 5.68. The van der Waals surface area contributed by atoms with Crippen molar-refractivity contribution < 1.29 is 14.3 Å². The molecule has 0 fully saturated rings. The summed E-state index contributed by atoms with van der Waals surface area (Å²) in [6.45, 7) is 0. The molecule has 1 aromatic heterocycles. The van der Waals surface area contributed by atoms with Crippen molar-refractivity contribution >= 4 is 44.1 Å². The van der Waals surface area contributed by atoms with Gasteiger partial charge < -0.3 is 10.1 Å². The Morgan fingerprint density at radius 2 is 1.92 bits per heavy atom. The standard InChI is InChI=1S/C18H18BrNO3S/c1-23-18(22)15-12-8-3-2-4-10-14(12)24-17(15)20-16(21)11-7-5-6-9-13(11)19/h5-7,9H,2-4,8,10H2,1H3,(H,20,21). The maximum atomic E-state index is 12.6. The Bertz CT molecular complexity index is 785. The van der Waals surface area contributed by atoms with E-state index in [4.69, 9.17) is 4.74 Å². The first-order valence-corrected chi connectivity index (χ1v) is 9.51. The van der Waals surface area contributed by atoms with E-state index >= 15 is 0 Å². The van der Waals surface area contributed by atoms with Gasteiger partial charge in [-0.2, -0.15) is 0 Å². The number of nitrogens with one attached hydrogen (secondary N) is 1. The van der Waals surface area contributed by atoms with Crippen molar-refractivity contribution in [2.75, 3.05) is 12.4 Å². The Morgan fingerprint density at radius 1 is 1.17 bits per heavy atom. The first-order valence-electron chi connectivity index (χ1n) is 7.90. The van der Waals surface area contributed by atoms with Gasteiger partial charge in [-0.3, -0.25) is 4.79 Å². The average molecular weight is 408 g/mol. The minimum absolute atomic E-state index is 0.232. The Hall–Kier alpha value is -1.66. The van der Waals surface area contributed by atoms with Crippen LogP contribution in [0.25, 0.3) is 0 Å². The molecule has 126 valence electrons. The van der Waals surface area contributed by atoms with Gasteiger partial charge in [0, 0.05) is 9.35 Å². The number of amides is 1. The number of esters is 1. The molecule has 2 aromatic rings. The number of ether oxygens (including phenoxy) is 1. The van der Waals surface area contributed by atoms with Gasteiger partial charge in [-0.1, -0.05) is 18.6 Å². The Balaban J connectivity index is 1.97. The molecule has 0 unspecified atom stereocenters. The maximum absolute atomic E-state index is 12.6. The monoisotopic (exact) mass is 407 g/mol. The van der Waals surface area contributed by atoms with Gasteiger partial charge in [0.1, 0.15) is 5.00 Å². The summed E-state index contributed by atoms with van der Waals surface area (Å²) in [6, 6.07) is 7.23. The normalized spacial score (nSPS) is 13.8. The maximum Gasteiger partial charge on any atom is 0.341 e. The van der Waals surface area contributed by atoms with Crippen molar-refractivity contribution in [1.82, 2.24) is 0 Å². The zero-order chi connectivity index (χ0) is 17.1. The molecule has 1 aliphatic rings. The first kappa shape index (κ1) is 17.2. The molecule has 0 atom stereocenters. The lowest BCUT2D eigenvalue weighted by atomic mass is 10.1. The van der Waals surface area contributed by atoms with Gasteiger partial charge in [0.15, 0.2) is 0 Å². The molecule has 6 heteroatoms. The van der Waals surface area contributed by atoms with Crippen LogP contribution in [0.15, 0.2) is 28.7 Å². The number of methoxy groups -OCH3 is 1. The number of hydrogen-bond acceptors (Lipinski definition) is 4. The predicted octanol–water partition coefficient (Wildman–Crippen LogP) is 4.82. The second kappa shape index (κ2) is 7.49. The topological polar surface area (TPSA) is 55.4 Å². The zero-order valence-electron chi connectivity index (χ0n) is 13.4. The van der Waals surface area contributed by atoms with Gasteiger partial charge in [-0.15, -0.1) is 11.3 Å². The second-order valence-corrected chi connectivity index (χ2v) is 7.65. The smallest absolute Gasteiger partial charge is 0.341 e. The summed E-state index contributed by atoms with van der Waals surface area (Å²) in [6.07, 6.45) is 5.16. The third kappa shape index (κ3) is 3.39. The van der Waals surface area contributed by atoms with E-state index in [0.29, 0.717) is 16.1 Å². The summed E-state index contributed by atoms with van der Waals surface area (Å²) in [7, 11) is 1.38. The third-order valence-electron chi connectivity index (χ3n) is 4.16. The number of benzene rings is 1. The highest BCUT2D eigenvalue weighted by Crippen LogP contribution is 2.38. The molecular formula is C18H18BrNO3S. The zero-order valence-corrected chi connectivity index (χ0v) is 15.8. The number of anilines is 1. The third-order valence-corrected chi connectivity index (χ3v) is 6.06. The molecule has 1 heterocycles. The average Bonchev–Trinajstić information content (AvgIpc) is 2.75. The Kier molecular flexibility index (Phi) is 5.36.